The van der Waals surface area contributed by atoms with Gasteiger partial charge in [0.2, 0.25) is 0 Å². The minimum absolute atomic E-state index is 0.164. The van der Waals surface area contributed by atoms with Gasteiger partial charge in [0.15, 0.2) is 6.61 Å². The summed E-state index contributed by atoms with van der Waals surface area (Å²) in [6.45, 7) is 3.66. The Morgan fingerprint density at radius 2 is 1.86 bits per heavy atom. The highest BCUT2D eigenvalue weighted by atomic mass is 79.9. The van der Waals surface area contributed by atoms with Gasteiger partial charge in [0.05, 0.1) is 4.47 Å². The standard InChI is InChI=1S/C16H14BrClO3/c1-10-3-5-15(13(17)7-10)21-16(19)9-20-14-6-4-12(18)8-11(14)2/h3-8H,9H2,1-2H3. The van der Waals surface area contributed by atoms with Crippen LogP contribution in [0.2, 0.25) is 5.02 Å². The first kappa shape index (κ1) is 15.9. The first-order chi connectivity index (χ1) is 9.95. The van der Waals surface area contributed by atoms with Crippen molar-refractivity contribution in [3.05, 3.63) is 57.0 Å². The van der Waals surface area contributed by atoms with Crippen molar-refractivity contribution in [2.45, 2.75) is 13.8 Å². The van der Waals surface area contributed by atoms with E-state index in [0.717, 1.165) is 15.6 Å². The van der Waals surface area contributed by atoms with Crippen LogP contribution in [0.1, 0.15) is 11.1 Å². The fourth-order valence-electron chi connectivity index (χ4n) is 1.75. The molecular formula is C16H14BrClO3. The lowest BCUT2D eigenvalue weighted by molar-refractivity contribution is -0.136. The summed E-state index contributed by atoms with van der Waals surface area (Å²) in [5.74, 6) is 0.621. The summed E-state index contributed by atoms with van der Waals surface area (Å²) < 4.78 is 11.4. The molecule has 2 aromatic rings. The van der Waals surface area contributed by atoms with Crippen LogP contribution in [0.3, 0.4) is 0 Å². The summed E-state index contributed by atoms with van der Waals surface area (Å²) in [5, 5.41) is 0.631. The highest BCUT2D eigenvalue weighted by Crippen LogP contribution is 2.26. The second-order valence-electron chi connectivity index (χ2n) is 4.61. The molecule has 3 nitrogen and oxygen atoms in total. The summed E-state index contributed by atoms with van der Waals surface area (Å²) >= 11 is 9.22. The molecule has 0 heterocycles. The highest BCUT2D eigenvalue weighted by Gasteiger charge is 2.10. The van der Waals surface area contributed by atoms with E-state index in [-0.39, 0.29) is 6.61 Å². The minimum atomic E-state index is -0.464. The van der Waals surface area contributed by atoms with Gasteiger partial charge >= 0.3 is 5.97 Å². The van der Waals surface area contributed by atoms with Gasteiger partial charge < -0.3 is 9.47 Å². The van der Waals surface area contributed by atoms with E-state index >= 15 is 0 Å². The number of aryl methyl sites for hydroxylation is 2. The number of carbonyl (C=O) groups is 1. The topological polar surface area (TPSA) is 35.5 Å². The lowest BCUT2D eigenvalue weighted by Gasteiger charge is -2.10. The lowest BCUT2D eigenvalue weighted by Crippen LogP contribution is -2.18. The van der Waals surface area contributed by atoms with E-state index in [1.807, 2.05) is 26.0 Å². The number of carbonyl (C=O) groups excluding carboxylic acids is 1. The van der Waals surface area contributed by atoms with E-state index in [1.165, 1.54) is 0 Å². The van der Waals surface area contributed by atoms with Gasteiger partial charge in [-0.1, -0.05) is 17.7 Å². The van der Waals surface area contributed by atoms with Gasteiger partial charge in [-0.3, -0.25) is 0 Å². The summed E-state index contributed by atoms with van der Waals surface area (Å²) in [7, 11) is 0. The normalized spacial score (nSPS) is 10.3. The number of benzene rings is 2. The second-order valence-corrected chi connectivity index (χ2v) is 5.90. The first-order valence-corrected chi connectivity index (χ1v) is 7.48. The highest BCUT2D eigenvalue weighted by molar-refractivity contribution is 9.10. The Morgan fingerprint density at radius 3 is 2.52 bits per heavy atom. The molecule has 2 rings (SSSR count). The molecule has 0 aromatic heterocycles. The van der Waals surface area contributed by atoms with Gasteiger partial charge in [-0.15, -0.1) is 0 Å². The fraction of sp³-hybridized carbons (Fsp3) is 0.188. The van der Waals surface area contributed by atoms with Crippen LogP contribution >= 0.6 is 27.5 Å². The molecule has 0 spiro atoms. The van der Waals surface area contributed by atoms with E-state index in [0.29, 0.717) is 16.5 Å². The molecule has 0 unspecified atom stereocenters. The molecule has 0 saturated heterocycles. The lowest BCUT2D eigenvalue weighted by atomic mass is 10.2. The van der Waals surface area contributed by atoms with Crippen LogP contribution in [0.25, 0.3) is 0 Å². The van der Waals surface area contributed by atoms with E-state index in [1.54, 1.807) is 24.3 Å². The SMILES string of the molecule is Cc1ccc(OC(=O)COc2ccc(Cl)cc2C)c(Br)c1. The Kier molecular flexibility index (Phi) is 5.26. The predicted molar refractivity (Wildman–Crippen MR) is 86.2 cm³/mol. The monoisotopic (exact) mass is 368 g/mol. The summed E-state index contributed by atoms with van der Waals surface area (Å²) in [4.78, 5) is 11.8. The van der Waals surface area contributed by atoms with Crippen LogP contribution in [0, 0.1) is 13.8 Å². The zero-order valence-corrected chi connectivity index (χ0v) is 14.0. The van der Waals surface area contributed by atoms with Gasteiger partial charge in [0.25, 0.3) is 0 Å². The number of esters is 1. The Labute approximate surface area is 137 Å². The average Bonchev–Trinajstić information content (AvgIpc) is 2.41. The molecule has 0 saturated carbocycles. The number of ether oxygens (including phenoxy) is 2. The molecule has 0 fully saturated rings. The Bertz CT molecular complexity index is 671. The number of halogens is 2. The molecular weight excluding hydrogens is 356 g/mol. The number of hydrogen-bond acceptors (Lipinski definition) is 3. The third-order valence-electron chi connectivity index (χ3n) is 2.79. The van der Waals surface area contributed by atoms with E-state index in [4.69, 9.17) is 21.1 Å². The van der Waals surface area contributed by atoms with Crippen LogP contribution in [0.5, 0.6) is 11.5 Å². The zero-order valence-electron chi connectivity index (χ0n) is 11.7. The molecule has 0 atom stereocenters. The first-order valence-electron chi connectivity index (χ1n) is 6.31. The summed E-state index contributed by atoms with van der Waals surface area (Å²) in [5.41, 5.74) is 1.95. The van der Waals surface area contributed by atoms with Crippen molar-refractivity contribution in [2.75, 3.05) is 6.61 Å². The number of hydrogen-bond donors (Lipinski definition) is 0. The van der Waals surface area contributed by atoms with Crippen molar-refractivity contribution in [3.8, 4) is 11.5 Å². The molecule has 0 aliphatic heterocycles. The Morgan fingerprint density at radius 1 is 1.14 bits per heavy atom. The maximum atomic E-state index is 11.8. The van der Waals surface area contributed by atoms with Gasteiger partial charge in [0, 0.05) is 5.02 Å². The molecule has 5 heteroatoms. The van der Waals surface area contributed by atoms with Crippen molar-refractivity contribution in [1.29, 1.82) is 0 Å². The van der Waals surface area contributed by atoms with Crippen molar-refractivity contribution >= 4 is 33.5 Å². The third kappa shape index (κ3) is 4.48. The van der Waals surface area contributed by atoms with Crippen LogP contribution in [-0.4, -0.2) is 12.6 Å². The Balaban J connectivity index is 1.96. The van der Waals surface area contributed by atoms with E-state index in [9.17, 15) is 4.79 Å². The van der Waals surface area contributed by atoms with E-state index in [2.05, 4.69) is 15.9 Å². The third-order valence-corrected chi connectivity index (χ3v) is 3.65. The molecule has 2 aromatic carbocycles. The smallest absolute Gasteiger partial charge is 0.349 e. The largest absolute Gasteiger partial charge is 0.482 e. The molecule has 0 amide bonds. The molecule has 0 aliphatic rings. The van der Waals surface area contributed by atoms with Crippen LogP contribution in [-0.2, 0) is 4.79 Å². The van der Waals surface area contributed by atoms with Gasteiger partial charge in [-0.25, -0.2) is 4.79 Å². The van der Waals surface area contributed by atoms with Crippen LogP contribution < -0.4 is 9.47 Å². The summed E-state index contributed by atoms with van der Waals surface area (Å²) in [6, 6.07) is 10.7. The minimum Gasteiger partial charge on any atom is -0.482 e. The Hall–Kier alpha value is -1.52. The van der Waals surface area contributed by atoms with Gasteiger partial charge in [-0.05, 0) is 71.2 Å². The molecule has 0 bridgehead atoms. The maximum Gasteiger partial charge on any atom is 0.349 e. The molecule has 0 radical (unpaired) electrons. The average molecular weight is 370 g/mol. The van der Waals surface area contributed by atoms with Crippen molar-refractivity contribution in [1.82, 2.24) is 0 Å². The zero-order chi connectivity index (χ0) is 15.4. The molecule has 21 heavy (non-hydrogen) atoms. The molecule has 0 N–H and O–H groups in total. The van der Waals surface area contributed by atoms with Gasteiger partial charge in [0.1, 0.15) is 11.5 Å². The summed E-state index contributed by atoms with van der Waals surface area (Å²) in [6.07, 6.45) is 0. The molecule has 0 aliphatic carbocycles. The quantitative estimate of drug-likeness (QED) is 0.578. The van der Waals surface area contributed by atoms with Gasteiger partial charge in [-0.2, -0.15) is 0 Å². The number of rotatable bonds is 4. The maximum absolute atomic E-state index is 11.8. The predicted octanol–water partition coefficient (Wildman–Crippen LogP) is 4.70. The van der Waals surface area contributed by atoms with Crippen LogP contribution in [0.15, 0.2) is 40.9 Å². The fourth-order valence-corrected chi connectivity index (χ4v) is 2.55. The van der Waals surface area contributed by atoms with Crippen molar-refractivity contribution < 1.29 is 14.3 Å². The van der Waals surface area contributed by atoms with Crippen molar-refractivity contribution in [2.24, 2.45) is 0 Å². The second kappa shape index (κ2) is 6.96. The van der Waals surface area contributed by atoms with E-state index < -0.39 is 5.97 Å². The van der Waals surface area contributed by atoms with Crippen LogP contribution in [0.4, 0.5) is 0 Å². The molecule has 110 valence electrons. The van der Waals surface area contributed by atoms with Crippen molar-refractivity contribution in [3.63, 3.8) is 0 Å².